The van der Waals surface area contributed by atoms with Gasteiger partial charge in [0.1, 0.15) is 0 Å². The van der Waals surface area contributed by atoms with Crippen molar-refractivity contribution in [3.05, 3.63) is 35.4 Å². The molecule has 1 atom stereocenters. The molecule has 1 amide bonds. The van der Waals surface area contributed by atoms with Crippen molar-refractivity contribution >= 4 is 5.91 Å². The molecular formula is C12H13F2NO. The fraction of sp³-hybridized carbons (Fsp3) is 0.417. The quantitative estimate of drug-likeness (QED) is 0.781. The predicted octanol–water partition coefficient (Wildman–Crippen LogP) is 2.35. The molecule has 2 nitrogen and oxygen atoms in total. The fourth-order valence-corrected chi connectivity index (χ4v) is 2.20. The number of rotatable bonds is 1. The Hall–Kier alpha value is -1.45. The second kappa shape index (κ2) is 3.54. The summed E-state index contributed by atoms with van der Waals surface area (Å²) in [6.07, 6.45) is 0.318. The van der Waals surface area contributed by atoms with Crippen LogP contribution in [0.2, 0.25) is 0 Å². The highest BCUT2D eigenvalue weighted by molar-refractivity contribution is 5.81. The zero-order valence-corrected chi connectivity index (χ0v) is 9.18. The zero-order chi connectivity index (χ0) is 11.9. The number of amides is 1. The molecule has 0 spiro atoms. The smallest absolute Gasteiger partial charge is 0.221 e. The first-order valence-corrected chi connectivity index (χ1v) is 5.16. The van der Waals surface area contributed by atoms with Crippen molar-refractivity contribution in [2.75, 3.05) is 0 Å². The predicted molar refractivity (Wildman–Crippen MR) is 55.9 cm³/mol. The van der Waals surface area contributed by atoms with Crippen LogP contribution in [0.5, 0.6) is 0 Å². The van der Waals surface area contributed by atoms with Gasteiger partial charge in [-0.1, -0.05) is 6.07 Å². The third kappa shape index (κ3) is 1.79. The lowest BCUT2D eigenvalue weighted by Gasteiger charge is -2.26. The van der Waals surface area contributed by atoms with Crippen LogP contribution >= 0.6 is 0 Å². The Morgan fingerprint density at radius 3 is 2.50 bits per heavy atom. The maximum atomic E-state index is 13.1. The molecule has 1 aliphatic heterocycles. The molecule has 1 aliphatic rings. The number of hydrogen-bond acceptors (Lipinski definition) is 1. The largest absolute Gasteiger partial charge is 0.351 e. The number of carbonyl (C=O) groups excluding carboxylic acids is 1. The minimum Gasteiger partial charge on any atom is -0.351 e. The van der Waals surface area contributed by atoms with Gasteiger partial charge < -0.3 is 5.32 Å². The molecular weight excluding hydrogens is 212 g/mol. The molecule has 16 heavy (non-hydrogen) atoms. The lowest BCUT2D eigenvalue weighted by molar-refractivity contribution is -0.119. The topological polar surface area (TPSA) is 29.1 Å². The SMILES string of the molecule is CC1(C)NC(=O)CC1c1ccc(F)c(F)c1. The van der Waals surface area contributed by atoms with Crippen molar-refractivity contribution in [2.24, 2.45) is 0 Å². The highest BCUT2D eigenvalue weighted by Crippen LogP contribution is 2.36. The summed E-state index contributed by atoms with van der Waals surface area (Å²) >= 11 is 0. The van der Waals surface area contributed by atoms with E-state index in [1.54, 1.807) is 0 Å². The number of carbonyl (C=O) groups is 1. The molecule has 1 N–H and O–H groups in total. The third-order valence-electron chi connectivity index (χ3n) is 3.07. The Morgan fingerprint density at radius 2 is 2.00 bits per heavy atom. The van der Waals surface area contributed by atoms with E-state index in [9.17, 15) is 13.6 Å². The monoisotopic (exact) mass is 225 g/mol. The van der Waals surface area contributed by atoms with Crippen LogP contribution < -0.4 is 5.32 Å². The van der Waals surface area contributed by atoms with Gasteiger partial charge in [-0.15, -0.1) is 0 Å². The molecule has 1 aromatic carbocycles. The summed E-state index contributed by atoms with van der Waals surface area (Å²) in [7, 11) is 0. The van der Waals surface area contributed by atoms with E-state index in [1.165, 1.54) is 12.1 Å². The van der Waals surface area contributed by atoms with E-state index >= 15 is 0 Å². The Bertz CT molecular complexity index is 443. The van der Waals surface area contributed by atoms with Crippen molar-refractivity contribution < 1.29 is 13.6 Å². The van der Waals surface area contributed by atoms with Crippen LogP contribution in [0.1, 0.15) is 31.7 Å². The number of halogens is 2. The Labute approximate surface area is 92.7 Å². The summed E-state index contributed by atoms with van der Waals surface area (Å²) in [5, 5.41) is 2.82. The number of hydrogen-bond donors (Lipinski definition) is 1. The Kier molecular flexibility index (Phi) is 2.45. The molecule has 0 saturated carbocycles. The van der Waals surface area contributed by atoms with Crippen LogP contribution in [0.4, 0.5) is 8.78 Å². The molecule has 1 unspecified atom stereocenters. The number of benzene rings is 1. The van der Waals surface area contributed by atoms with Gasteiger partial charge in [0.15, 0.2) is 11.6 Å². The highest BCUT2D eigenvalue weighted by atomic mass is 19.2. The maximum Gasteiger partial charge on any atom is 0.221 e. The maximum absolute atomic E-state index is 13.1. The van der Waals surface area contributed by atoms with Gasteiger partial charge >= 0.3 is 0 Å². The van der Waals surface area contributed by atoms with Gasteiger partial charge in [-0.3, -0.25) is 4.79 Å². The van der Waals surface area contributed by atoms with E-state index in [2.05, 4.69) is 5.32 Å². The molecule has 0 bridgehead atoms. The van der Waals surface area contributed by atoms with Crippen LogP contribution in [0, 0.1) is 11.6 Å². The van der Waals surface area contributed by atoms with Gasteiger partial charge in [0.25, 0.3) is 0 Å². The highest BCUT2D eigenvalue weighted by Gasteiger charge is 2.40. The van der Waals surface area contributed by atoms with E-state index in [-0.39, 0.29) is 11.8 Å². The molecule has 1 aromatic rings. The van der Waals surface area contributed by atoms with Crippen molar-refractivity contribution in [1.29, 1.82) is 0 Å². The minimum atomic E-state index is -0.868. The molecule has 2 rings (SSSR count). The molecule has 0 radical (unpaired) electrons. The first-order valence-electron chi connectivity index (χ1n) is 5.16. The van der Waals surface area contributed by atoms with Crippen LogP contribution in [0.15, 0.2) is 18.2 Å². The van der Waals surface area contributed by atoms with Gasteiger partial charge in [-0.25, -0.2) is 8.78 Å². The molecule has 1 fully saturated rings. The van der Waals surface area contributed by atoms with Crippen molar-refractivity contribution in [3.8, 4) is 0 Å². The van der Waals surface area contributed by atoms with Crippen molar-refractivity contribution in [3.63, 3.8) is 0 Å². The molecule has 0 aromatic heterocycles. The molecule has 4 heteroatoms. The van der Waals surface area contributed by atoms with E-state index in [0.717, 1.165) is 6.07 Å². The molecule has 1 saturated heterocycles. The fourth-order valence-electron chi connectivity index (χ4n) is 2.20. The zero-order valence-electron chi connectivity index (χ0n) is 9.18. The normalized spacial score (nSPS) is 23.2. The summed E-state index contributed by atoms with van der Waals surface area (Å²) in [5.41, 5.74) is 0.240. The number of nitrogens with one attached hydrogen (secondary N) is 1. The minimum absolute atomic E-state index is 0.0558. The Morgan fingerprint density at radius 1 is 1.31 bits per heavy atom. The average Bonchev–Trinajstić information content (AvgIpc) is 2.44. The summed E-state index contributed by atoms with van der Waals surface area (Å²) in [6, 6.07) is 3.80. The third-order valence-corrected chi connectivity index (χ3v) is 3.07. The second-order valence-electron chi connectivity index (χ2n) is 4.70. The van der Waals surface area contributed by atoms with E-state index < -0.39 is 17.2 Å². The second-order valence-corrected chi connectivity index (χ2v) is 4.70. The van der Waals surface area contributed by atoms with Gasteiger partial charge in [0.2, 0.25) is 5.91 Å². The average molecular weight is 225 g/mol. The van der Waals surface area contributed by atoms with Crippen molar-refractivity contribution in [1.82, 2.24) is 5.32 Å². The lowest BCUT2D eigenvalue weighted by atomic mass is 9.83. The van der Waals surface area contributed by atoms with Gasteiger partial charge in [0, 0.05) is 17.9 Å². The summed E-state index contributed by atoms with van der Waals surface area (Å²) in [4.78, 5) is 11.3. The van der Waals surface area contributed by atoms with Crippen molar-refractivity contribution in [2.45, 2.75) is 31.7 Å². The summed E-state index contributed by atoms with van der Waals surface area (Å²) < 4.78 is 25.9. The van der Waals surface area contributed by atoms with Crippen LogP contribution in [-0.4, -0.2) is 11.4 Å². The van der Waals surface area contributed by atoms with E-state index in [1.807, 2.05) is 13.8 Å². The standard InChI is InChI=1S/C12H13F2NO/c1-12(2)8(6-11(16)15-12)7-3-4-9(13)10(14)5-7/h3-5,8H,6H2,1-2H3,(H,15,16). The summed E-state index contributed by atoms with van der Waals surface area (Å²) in [6.45, 7) is 3.76. The van der Waals surface area contributed by atoms with Gasteiger partial charge in [0.05, 0.1) is 0 Å². The first-order chi connectivity index (χ1) is 7.40. The van der Waals surface area contributed by atoms with E-state index in [4.69, 9.17) is 0 Å². The van der Waals surface area contributed by atoms with Crippen LogP contribution in [-0.2, 0) is 4.79 Å². The first kappa shape index (κ1) is 11.0. The van der Waals surface area contributed by atoms with Gasteiger partial charge in [-0.05, 0) is 31.5 Å². The van der Waals surface area contributed by atoms with Gasteiger partial charge in [-0.2, -0.15) is 0 Å². The Balaban J connectivity index is 2.37. The van der Waals surface area contributed by atoms with E-state index in [0.29, 0.717) is 12.0 Å². The van der Waals surface area contributed by atoms with Crippen LogP contribution in [0.3, 0.4) is 0 Å². The summed E-state index contributed by atoms with van der Waals surface area (Å²) in [5.74, 6) is -1.90. The molecule has 1 heterocycles. The molecule has 86 valence electrons. The lowest BCUT2D eigenvalue weighted by Crippen LogP contribution is -2.38. The molecule has 0 aliphatic carbocycles. The van der Waals surface area contributed by atoms with Crippen LogP contribution in [0.25, 0.3) is 0 Å².